The number of anilines is 1. The van der Waals surface area contributed by atoms with Gasteiger partial charge < -0.3 is 19.5 Å². The number of hydrogen-bond donors (Lipinski definition) is 1. The number of thioether (sulfide) groups is 1. The number of hydrogen-bond acceptors (Lipinski definition) is 8. The molecule has 3 rings (SSSR count). The van der Waals surface area contributed by atoms with Crippen molar-refractivity contribution in [3.8, 4) is 11.5 Å². The SMILES string of the molecule is CCOc1cc(/C=C2\SC(=O)N(CC(=O)Nc3cc(C)cc(C)c3)C2=O)cc(Cl)c1OCC(=O)OC. The van der Waals surface area contributed by atoms with Gasteiger partial charge in [-0.05, 0) is 79.6 Å². The van der Waals surface area contributed by atoms with Gasteiger partial charge in [0.2, 0.25) is 5.91 Å². The lowest BCUT2D eigenvalue weighted by molar-refractivity contribution is -0.143. The minimum absolute atomic E-state index is 0.126. The van der Waals surface area contributed by atoms with E-state index in [1.165, 1.54) is 19.3 Å². The molecule has 1 heterocycles. The molecule has 2 aromatic carbocycles. The molecule has 1 aliphatic heterocycles. The Labute approximate surface area is 217 Å². The number of carbonyl (C=O) groups is 4. The number of halogens is 1. The van der Waals surface area contributed by atoms with Gasteiger partial charge in [-0.2, -0.15) is 0 Å². The fraction of sp³-hybridized carbons (Fsp3) is 0.280. The third-order valence-corrected chi connectivity index (χ3v) is 6.06. The third-order valence-electron chi connectivity index (χ3n) is 4.87. The Hall–Kier alpha value is -3.50. The number of methoxy groups -OCH3 is 1. The number of nitrogens with zero attached hydrogens (tertiary/aromatic N) is 1. The Morgan fingerprint density at radius 1 is 1.08 bits per heavy atom. The van der Waals surface area contributed by atoms with Gasteiger partial charge in [0.05, 0.1) is 23.6 Å². The van der Waals surface area contributed by atoms with Crippen molar-refractivity contribution in [3.05, 3.63) is 56.9 Å². The summed E-state index contributed by atoms with van der Waals surface area (Å²) in [6.45, 7) is 5.09. The Bertz CT molecular complexity index is 1220. The van der Waals surface area contributed by atoms with E-state index in [4.69, 9.17) is 21.1 Å². The third kappa shape index (κ3) is 6.79. The van der Waals surface area contributed by atoms with Crippen molar-refractivity contribution >= 4 is 58.1 Å². The van der Waals surface area contributed by atoms with E-state index in [9.17, 15) is 19.2 Å². The van der Waals surface area contributed by atoms with Crippen LogP contribution >= 0.6 is 23.4 Å². The second-order valence-corrected chi connectivity index (χ2v) is 9.22. The summed E-state index contributed by atoms with van der Waals surface area (Å²) in [4.78, 5) is 50.3. The van der Waals surface area contributed by atoms with Gasteiger partial charge >= 0.3 is 5.97 Å². The van der Waals surface area contributed by atoms with Crippen molar-refractivity contribution in [1.29, 1.82) is 0 Å². The summed E-state index contributed by atoms with van der Waals surface area (Å²) >= 11 is 7.05. The molecule has 0 bridgehead atoms. The standard InChI is InChI=1S/C25H25ClN2O7S/c1-5-34-19-10-16(9-18(26)23(19)35-13-22(30)33-4)11-20-24(31)28(25(32)36-20)12-21(29)27-17-7-14(2)6-15(3)8-17/h6-11H,5,12-13H2,1-4H3,(H,27,29)/b20-11-. The number of benzene rings is 2. The molecule has 1 N–H and O–H groups in total. The Morgan fingerprint density at radius 3 is 2.42 bits per heavy atom. The maximum Gasteiger partial charge on any atom is 0.343 e. The normalized spacial score (nSPS) is 14.2. The minimum atomic E-state index is -0.597. The molecule has 0 saturated carbocycles. The quantitative estimate of drug-likeness (QED) is 0.369. The molecule has 0 spiro atoms. The molecule has 3 amide bonds. The zero-order chi connectivity index (χ0) is 26.4. The van der Waals surface area contributed by atoms with Crippen LogP contribution in [0.2, 0.25) is 5.02 Å². The van der Waals surface area contributed by atoms with E-state index in [0.717, 1.165) is 27.8 Å². The van der Waals surface area contributed by atoms with Crippen molar-refractivity contribution in [2.24, 2.45) is 0 Å². The number of imide groups is 1. The minimum Gasteiger partial charge on any atom is -0.490 e. The molecule has 0 radical (unpaired) electrons. The molecule has 0 aromatic heterocycles. The van der Waals surface area contributed by atoms with E-state index in [0.29, 0.717) is 17.9 Å². The second-order valence-electron chi connectivity index (χ2n) is 7.82. The number of aryl methyl sites for hydroxylation is 2. The van der Waals surface area contributed by atoms with Gasteiger partial charge in [-0.25, -0.2) is 4.79 Å². The van der Waals surface area contributed by atoms with Gasteiger partial charge in [0.15, 0.2) is 18.1 Å². The molecule has 9 nitrogen and oxygen atoms in total. The molecular weight excluding hydrogens is 508 g/mol. The van der Waals surface area contributed by atoms with Gasteiger partial charge in [-0.1, -0.05) is 17.7 Å². The summed E-state index contributed by atoms with van der Waals surface area (Å²) in [5.74, 6) is -1.27. The van der Waals surface area contributed by atoms with Crippen LogP contribution < -0.4 is 14.8 Å². The van der Waals surface area contributed by atoms with Gasteiger partial charge in [0, 0.05) is 5.69 Å². The summed E-state index contributed by atoms with van der Waals surface area (Å²) in [6, 6.07) is 8.66. The van der Waals surface area contributed by atoms with Crippen LogP contribution in [0.15, 0.2) is 35.2 Å². The largest absolute Gasteiger partial charge is 0.490 e. The van der Waals surface area contributed by atoms with E-state index < -0.39 is 29.6 Å². The lowest BCUT2D eigenvalue weighted by atomic mass is 10.1. The first kappa shape index (κ1) is 27.1. The van der Waals surface area contributed by atoms with Crippen molar-refractivity contribution in [3.63, 3.8) is 0 Å². The van der Waals surface area contributed by atoms with Gasteiger partial charge in [0.1, 0.15) is 6.54 Å². The number of carbonyl (C=O) groups excluding carboxylic acids is 4. The maximum atomic E-state index is 12.9. The molecule has 0 atom stereocenters. The average molecular weight is 533 g/mol. The van der Waals surface area contributed by atoms with E-state index in [2.05, 4.69) is 10.1 Å². The van der Waals surface area contributed by atoms with Crippen LogP contribution in [-0.4, -0.2) is 54.8 Å². The molecule has 0 aliphatic carbocycles. The van der Waals surface area contributed by atoms with E-state index in [-0.39, 0.29) is 28.0 Å². The molecule has 36 heavy (non-hydrogen) atoms. The molecule has 2 aromatic rings. The zero-order valence-corrected chi connectivity index (χ0v) is 21.7. The molecule has 1 saturated heterocycles. The number of amides is 3. The molecule has 11 heteroatoms. The van der Waals surface area contributed by atoms with Crippen molar-refractivity contribution in [1.82, 2.24) is 4.90 Å². The fourth-order valence-corrected chi connectivity index (χ4v) is 4.55. The molecule has 190 valence electrons. The van der Waals surface area contributed by atoms with E-state index in [1.54, 1.807) is 25.1 Å². The summed E-state index contributed by atoms with van der Waals surface area (Å²) in [5.41, 5.74) is 3.02. The lowest BCUT2D eigenvalue weighted by Gasteiger charge is -2.14. The first-order valence-electron chi connectivity index (χ1n) is 10.9. The van der Waals surface area contributed by atoms with Crippen LogP contribution in [-0.2, 0) is 19.1 Å². The Balaban J connectivity index is 1.76. The summed E-state index contributed by atoms with van der Waals surface area (Å²) in [5, 5.41) is 2.30. The van der Waals surface area contributed by atoms with Gasteiger partial charge in [-0.15, -0.1) is 0 Å². The predicted molar refractivity (Wildman–Crippen MR) is 137 cm³/mol. The van der Waals surface area contributed by atoms with Crippen molar-refractivity contribution < 1.29 is 33.4 Å². The highest BCUT2D eigenvalue weighted by molar-refractivity contribution is 8.18. The average Bonchev–Trinajstić information content (AvgIpc) is 3.05. The topological polar surface area (TPSA) is 111 Å². The summed E-state index contributed by atoms with van der Waals surface area (Å²) in [6.07, 6.45) is 1.48. The van der Waals surface area contributed by atoms with Crippen LogP contribution in [0.1, 0.15) is 23.6 Å². The smallest absolute Gasteiger partial charge is 0.343 e. The number of esters is 1. The molecule has 1 fully saturated rings. The molecule has 0 unspecified atom stereocenters. The number of nitrogens with one attached hydrogen (secondary N) is 1. The molecular formula is C25H25ClN2O7S. The number of rotatable bonds is 9. The highest BCUT2D eigenvalue weighted by atomic mass is 35.5. The zero-order valence-electron chi connectivity index (χ0n) is 20.2. The fourth-order valence-electron chi connectivity index (χ4n) is 3.44. The Morgan fingerprint density at radius 2 is 1.78 bits per heavy atom. The summed E-state index contributed by atoms with van der Waals surface area (Å²) < 4.78 is 15.6. The van der Waals surface area contributed by atoms with Crippen molar-refractivity contribution in [2.45, 2.75) is 20.8 Å². The first-order chi connectivity index (χ1) is 17.1. The van der Waals surface area contributed by atoms with E-state index >= 15 is 0 Å². The first-order valence-corrected chi connectivity index (χ1v) is 12.1. The number of ether oxygens (including phenoxy) is 3. The highest BCUT2D eigenvalue weighted by Crippen LogP contribution is 2.39. The van der Waals surface area contributed by atoms with Crippen LogP contribution in [0, 0.1) is 13.8 Å². The summed E-state index contributed by atoms with van der Waals surface area (Å²) in [7, 11) is 1.24. The lowest BCUT2D eigenvalue weighted by Crippen LogP contribution is -2.36. The maximum absolute atomic E-state index is 12.9. The van der Waals surface area contributed by atoms with Crippen LogP contribution in [0.3, 0.4) is 0 Å². The van der Waals surface area contributed by atoms with Gasteiger partial charge in [0.25, 0.3) is 11.1 Å². The van der Waals surface area contributed by atoms with Crippen LogP contribution in [0.5, 0.6) is 11.5 Å². The van der Waals surface area contributed by atoms with Crippen LogP contribution in [0.4, 0.5) is 10.5 Å². The predicted octanol–water partition coefficient (Wildman–Crippen LogP) is 4.58. The Kier molecular flexibility index (Phi) is 9.00. The molecule has 1 aliphatic rings. The highest BCUT2D eigenvalue weighted by Gasteiger charge is 2.36. The monoisotopic (exact) mass is 532 g/mol. The van der Waals surface area contributed by atoms with Gasteiger partial charge in [-0.3, -0.25) is 19.3 Å². The van der Waals surface area contributed by atoms with E-state index in [1.807, 2.05) is 19.9 Å². The second kappa shape index (κ2) is 12.0. The van der Waals surface area contributed by atoms with Crippen LogP contribution in [0.25, 0.3) is 6.08 Å². The van der Waals surface area contributed by atoms with Crippen molar-refractivity contribution in [2.75, 3.05) is 32.2 Å².